The second kappa shape index (κ2) is 10.0. The largest absolute Gasteiger partial charge is 0.309 e. The van der Waals surface area contributed by atoms with Gasteiger partial charge in [0.05, 0.1) is 21.0 Å². The molecule has 2 aromatic heterocycles. The zero-order chi connectivity index (χ0) is 19.6. The highest BCUT2D eigenvalue weighted by atomic mass is 35.5. The van der Waals surface area contributed by atoms with Crippen LogP contribution in [0, 0.1) is 13.8 Å². The number of thiazole rings is 1. The quantitative estimate of drug-likeness (QED) is 0.464. The Hall–Kier alpha value is -1.18. The number of benzene rings is 1. The fourth-order valence-electron chi connectivity index (χ4n) is 3.04. The van der Waals surface area contributed by atoms with E-state index >= 15 is 0 Å². The smallest absolute Gasteiger partial charge is 0.234 e. The monoisotopic (exact) mass is 457 g/mol. The second-order valence-electron chi connectivity index (χ2n) is 7.01. The van der Waals surface area contributed by atoms with E-state index in [1.165, 1.54) is 22.5 Å². The van der Waals surface area contributed by atoms with Crippen molar-refractivity contribution in [3.8, 4) is 0 Å². The molecule has 3 rings (SSSR count). The normalized spacial score (nSPS) is 11.1. The van der Waals surface area contributed by atoms with Gasteiger partial charge < -0.3 is 4.90 Å². The predicted octanol–water partition coefficient (Wildman–Crippen LogP) is 5.58. The highest BCUT2D eigenvalue weighted by molar-refractivity contribution is 7.22. The van der Waals surface area contributed by atoms with Crippen LogP contribution < -0.4 is 4.90 Å². The number of hydrogen-bond donors (Lipinski definition) is 0. The molecule has 0 atom stereocenters. The van der Waals surface area contributed by atoms with E-state index in [1.807, 2.05) is 31.1 Å². The standard InChI is InChI=1S/C20H24ClN3OS2.ClH/c1-13-10-14(2)19-16(11-13)22-20(27-19)24(9-5-8-23(3)4)18(25)12-15-6-7-17(21)26-15;/h6-7,10-11H,5,8-9,12H2,1-4H3;1H. The Bertz CT molecular complexity index is 952. The van der Waals surface area contributed by atoms with E-state index in [2.05, 4.69) is 30.9 Å². The van der Waals surface area contributed by atoms with Gasteiger partial charge >= 0.3 is 0 Å². The molecule has 0 aliphatic rings. The maximum Gasteiger partial charge on any atom is 0.234 e. The van der Waals surface area contributed by atoms with Gasteiger partial charge in [-0.2, -0.15) is 0 Å². The van der Waals surface area contributed by atoms with Crippen molar-refractivity contribution in [2.45, 2.75) is 26.7 Å². The van der Waals surface area contributed by atoms with E-state index in [0.29, 0.717) is 17.3 Å². The molecule has 0 aliphatic carbocycles. The van der Waals surface area contributed by atoms with Crippen LogP contribution in [-0.2, 0) is 11.2 Å². The van der Waals surface area contributed by atoms with E-state index in [4.69, 9.17) is 16.6 Å². The number of aryl methyl sites for hydroxylation is 2. The third-order valence-electron chi connectivity index (χ3n) is 4.28. The van der Waals surface area contributed by atoms with Crippen LogP contribution in [0.5, 0.6) is 0 Å². The summed E-state index contributed by atoms with van der Waals surface area (Å²) in [5, 5.41) is 0.783. The number of fused-ring (bicyclic) bond motifs is 1. The lowest BCUT2D eigenvalue weighted by atomic mass is 10.1. The molecule has 1 aromatic carbocycles. The highest BCUT2D eigenvalue weighted by Crippen LogP contribution is 2.33. The lowest BCUT2D eigenvalue weighted by Gasteiger charge is -2.20. The minimum atomic E-state index is 0. The third-order valence-corrected chi connectivity index (χ3v) is 6.74. The first kappa shape index (κ1) is 23.1. The first-order valence-electron chi connectivity index (χ1n) is 8.90. The Labute approximate surface area is 185 Å². The molecule has 8 heteroatoms. The lowest BCUT2D eigenvalue weighted by molar-refractivity contribution is -0.118. The molecule has 0 spiro atoms. The molecule has 0 unspecified atom stereocenters. The summed E-state index contributed by atoms with van der Waals surface area (Å²) in [5.74, 6) is 0.0701. The fraction of sp³-hybridized carbons (Fsp3) is 0.400. The zero-order valence-electron chi connectivity index (χ0n) is 16.5. The summed E-state index contributed by atoms with van der Waals surface area (Å²) in [6.07, 6.45) is 1.26. The Morgan fingerprint density at radius 2 is 1.89 bits per heavy atom. The van der Waals surface area contributed by atoms with Crippen LogP contribution in [0.25, 0.3) is 10.2 Å². The second-order valence-corrected chi connectivity index (χ2v) is 9.79. The fourth-order valence-corrected chi connectivity index (χ4v) is 5.18. The summed E-state index contributed by atoms with van der Waals surface area (Å²) in [4.78, 5) is 22.8. The Morgan fingerprint density at radius 1 is 1.14 bits per heavy atom. The summed E-state index contributed by atoms with van der Waals surface area (Å²) in [7, 11) is 4.09. The number of amides is 1. The average molecular weight is 458 g/mol. The molecule has 0 radical (unpaired) electrons. The van der Waals surface area contributed by atoms with Gasteiger partial charge in [0.2, 0.25) is 5.91 Å². The molecule has 4 nitrogen and oxygen atoms in total. The molecule has 0 fully saturated rings. The van der Waals surface area contributed by atoms with E-state index in [1.54, 1.807) is 11.3 Å². The molecule has 3 aromatic rings. The number of carbonyl (C=O) groups is 1. The van der Waals surface area contributed by atoms with Crippen molar-refractivity contribution in [3.63, 3.8) is 0 Å². The van der Waals surface area contributed by atoms with Gasteiger partial charge in [0.25, 0.3) is 0 Å². The van der Waals surface area contributed by atoms with Crippen molar-refractivity contribution < 1.29 is 4.79 Å². The van der Waals surface area contributed by atoms with Gasteiger partial charge in [0.1, 0.15) is 0 Å². The van der Waals surface area contributed by atoms with Crippen molar-refractivity contribution in [1.29, 1.82) is 0 Å². The molecule has 152 valence electrons. The molecule has 0 N–H and O–H groups in total. The Morgan fingerprint density at radius 3 is 2.54 bits per heavy atom. The number of thiophene rings is 1. The van der Waals surface area contributed by atoms with E-state index in [-0.39, 0.29) is 18.3 Å². The first-order valence-corrected chi connectivity index (χ1v) is 10.9. The van der Waals surface area contributed by atoms with Gasteiger partial charge in [-0.3, -0.25) is 9.69 Å². The minimum Gasteiger partial charge on any atom is -0.309 e. The number of carbonyl (C=O) groups excluding carboxylic acids is 1. The van der Waals surface area contributed by atoms with Crippen LogP contribution >= 0.6 is 46.7 Å². The molecular weight excluding hydrogens is 433 g/mol. The molecule has 0 bridgehead atoms. The predicted molar refractivity (Wildman–Crippen MR) is 125 cm³/mol. The van der Waals surface area contributed by atoms with Crippen LogP contribution in [0.2, 0.25) is 4.34 Å². The van der Waals surface area contributed by atoms with E-state index in [0.717, 1.165) is 33.2 Å². The van der Waals surface area contributed by atoms with Gasteiger partial charge in [-0.25, -0.2) is 4.98 Å². The number of rotatable bonds is 7. The molecule has 0 saturated heterocycles. The van der Waals surface area contributed by atoms with Crippen molar-refractivity contribution in [2.24, 2.45) is 0 Å². The number of aromatic nitrogens is 1. The minimum absolute atomic E-state index is 0. The van der Waals surface area contributed by atoms with E-state index in [9.17, 15) is 4.79 Å². The maximum atomic E-state index is 13.1. The summed E-state index contributed by atoms with van der Waals surface area (Å²) in [5.41, 5.74) is 3.37. The van der Waals surface area contributed by atoms with Crippen LogP contribution in [0.3, 0.4) is 0 Å². The Balaban J connectivity index is 0.00000280. The van der Waals surface area contributed by atoms with Crippen molar-refractivity contribution in [3.05, 3.63) is 44.6 Å². The topological polar surface area (TPSA) is 36.4 Å². The van der Waals surface area contributed by atoms with Gasteiger partial charge in [-0.05, 0) is 70.2 Å². The summed E-state index contributed by atoms with van der Waals surface area (Å²) < 4.78 is 1.86. The number of hydrogen-bond acceptors (Lipinski definition) is 5. The zero-order valence-corrected chi connectivity index (χ0v) is 19.7. The lowest BCUT2D eigenvalue weighted by Crippen LogP contribution is -2.34. The molecular formula is C20H25Cl2N3OS2. The molecule has 28 heavy (non-hydrogen) atoms. The van der Waals surface area contributed by atoms with Gasteiger partial charge in [0, 0.05) is 11.4 Å². The maximum absolute atomic E-state index is 13.1. The Kier molecular flexibility index (Phi) is 8.28. The number of halogens is 2. The van der Waals surface area contributed by atoms with Crippen LogP contribution in [0.15, 0.2) is 24.3 Å². The third kappa shape index (κ3) is 5.67. The summed E-state index contributed by atoms with van der Waals surface area (Å²) in [6.45, 7) is 5.76. The van der Waals surface area contributed by atoms with Crippen molar-refractivity contribution in [1.82, 2.24) is 9.88 Å². The van der Waals surface area contributed by atoms with Crippen molar-refractivity contribution >= 4 is 67.9 Å². The van der Waals surface area contributed by atoms with E-state index < -0.39 is 0 Å². The SMILES string of the molecule is Cc1cc(C)c2sc(N(CCCN(C)C)C(=O)Cc3ccc(Cl)s3)nc2c1.Cl. The highest BCUT2D eigenvalue weighted by Gasteiger charge is 2.21. The average Bonchev–Trinajstić information content (AvgIpc) is 3.17. The van der Waals surface area contributed by atoms with Crippen molar-refractivity contribution in [2.75, 3.05) is 32.1 Å². The number of anilines is 1. The molecule has 1 amide bonds. The molecule has 0 saturated carbocycles. The summed E-state index contributed by atoms with van der Waals surface area (Å²) >= 11 is 9.08. The van der Waals surface area contributed by atoms with Crippen LogP contribution in [0.4, 0.5) is 5.13 Å². The van der Waals surface area contributed by atoms with Gasteiger partial charge in [-0.15, -0.1) is 23.7 Å². The summed E-state index contributed by atoms with van der Waals surface area (Å²) in [6, 6.07) is 8.02. The van der Waals surface area contributed by atoms with Crippen LogP contribution in [0.1, 0.15) is 22.4 Å². The molecule has 2 heterocycles. The number of nitrogens with zero attached hydrogens (tertiary/aromatic N) is 3. The van der Waals surface area contributed by atoms with Gasteiger partial charge in [0.15, 0.2) is 5.13 Å². The first-order chi connectivity index (χ1) is 12.8. The van der Waals surface area contributed by atoms with Gasteiger partial charge in [-0.1, -0.05) is 29.0 Å². The van der Waals surface area contributed by atoms with Crippen LogP contribution in [-0.4, -0.2) is 43.0 Å². The molecule has 0 aliphatic heterocycles.